The lowest BCUT2D eigenvalue weighted by atomic mass is 10.4. The molecule has 2 N–H and O–H groups in total. The molecule has 0 saturated heterocycles. The summed E-state index contributed by atoms with van der Waals surface area (Å²) in [6, 6.07) is 0.376. The first-order chi connectivity index (χ1) is 6.18. The minimum Gasteiger partial charge on any atom is -0.481 e. The van der Waals surface area contributed by atoms with Crippen molar-refractivity contribution >= 4 is 18.2 Å². The number of nitrogens with zero attached hydrogens (tertiary/aromatic N) is 2. The van der Waals surface area contributed by atoms with E-state index in [2.05, 4.69) is 10.2 Å². The lowest BCUT2D eigenvalue weighted by Gasteiger charge is -2.00. The zero-order valence-corrected chi connectivity index (χ0v) is 7.67. The third-order valence-corrected chi connectivity index (χ3v) is 2.29. The first-order valence-corrected chi connectivity index (χ1v) is 4.47. The summed E-state index contributed by atoms with van der Waals surface area (Å²) in [5.41, 5.74) is 0. The van der Waals surface area contributed by atoms with Gasteiger partial charge in [0.15, 0.2) is 4.77 Å². The molecule has 1 fully saturated rings. The summed E-state index contributed by atoms with van der Waals surface area (Å²) in [5, 5.41) is 15.1. The molecule has 0 radical (unpaired) electrons. The second kappa shape index (κ2) is 2.95. The lowest BCUT2D eigenvalue weighted by Crippen LogP contribution is -2.08. The van der Waals surface area contributed by atoms with Crippen molar-refractivity contribution in [3.05, 3.63) is 10.6 Å². The zero-order chi connectivity index (χ0) is 9.42. The highest BCUT2D eigenvalue weighted by molar-refractivity contribution is 7.71. The average Bonchev–Trinajstić information content (AvgIpc) is 2.79. The Hall–Kier alpha value is -1.17. The largest absolute Gasteiger partial charge is 0.481 e. The van der Waals surface area contributed by atoms with E-state index in [-0.39, 0.29) is 6.42 Å². The van der Waals surface area contributed by atoms with Crippen molar-refractivity contribution in [1.29, 1.82) is 0 Å². The summed E-state index contributed by atoms with van der Waals surface area (Å²) < 4.78 is 2.34. The molecule has 0 aromatic carbocycles. The Bertz CT molecular complexity index is 391. The van der Waals surface area contributed by atoms with Crippen molar-refractivity contribution in [2.45, 2.75) is 25.3 Å². The molecule has 1 heterocycles. The topological polar surface area (TPSA) is 70.9 Å². The number of rotatable bonds is 3. The van der Waals surface area contributed by atoms with E-state index in [4.69, 9.17) is 17.3 Å². The van der Waals surface area contributed by atoms with E-state index in [1.165, 1.54) is 0 Å². The van der Waals surface area contributed by atoms with Gasteiger partial charge in [-0.1, -0.05) is 0 Å². The molecular formula is C7H9N3O2S. The number of aliphatic carboxylic acids is 1. The molecule has 1 aliphatic rings. The molecule has 1 aromatic rings. The molecule has 0 amide bonds. The number of carboxylic acid groups (broad SMARTS) is 1. The summed E-state index contributed by atoms with van der Waals surface area (Å²) in [4.78, 5) is 10.5. The maximum Gasteiger partial charge on any atom is 0.311 e. The van der Waals surface area contributed by atoms with Gasteiger partial charge in [0, 0.05) is 6.04 Å². The van der Waals surface area contributed by atoms with E-state index in [1.54, 1.807) is 0 Å². The fraction of sp³-hybridized carbons (Fsp3) is 0.571. The van der Waals surface area contributed by atoms with Crippen LogP contribution in [0.1, 0.15) is 24.7 Å². The van der Waals surface area contributed by atoms with Crippen LogP contribution >= 0.6 is 12.2 Å². The molecule has 1 saturated carbocycles. The Balaban J connectivity index is 2.33. The Morgan fingerprint density at radius 3 is 3.00 bits per heavy atom. The summed E-state index contributed by atoms with van der Waals surface area (Å²) >= 11 is 4.99. The van der Waals surface area contributed by atoms with Gasteiger partial charge in [-0.3, -0.25) is 9.89 Å². The minimum absolute atomic E-state index is 0.0658. The van der Waals surface area contributed by atoms with Crippen LogP contribution in [-0.2, 0) is 11.2 Å². The molecule has 5 nitrogen and oxygen atoms in total. The van der Waals surface area contributed by atoms with Gasteiger partial charge < -0.3 is 9.67 Å². The quantitative estimate of drug-likeness (QED) is 0.709. The Morgan fingerprint density at radius 1 is 1.77 bits per heavy atom. The van der Waals surface area contributed by atoms with E-state index in [9.17, 15) is 4.79 Å². The predicted molar refractivity (Wildman–Crippen MR) is 47.0 cm³/mol. The molecule has 70 valence electrons. The average molecular weight is 199 g/mol. The molecular weight excluding hydrogens is 190 g/mol. The van der Waals surface area contributed by atoms with Gasteiger partial charge in [-0.05, 0) is 25.1 Å². The Kier molecular flexibility index (Phi) is 1.91. The third-order valence-electron chi connectivity index (χ3n) is 2.00. The van der Waals surface area contributed by atoms with Crippen LogP contribution in [-0.4, -0.2) is 25.8 Å². The molecule has 0 aliphatic heterocycles. The van der Waals surface area contributed by atoms with Crippen LogP contribution in [0.4, 0.5) is 0 Å². The second-order valence-corrected chi connectivity index (χ2v) is 3.50. The SMILES string of the molecule is O=C(O)Cc1n[nH]c(=S)n1C1CC1. The maximum absolute atomic E-state index is 10.5. The monoisotopic (exact) mass is 199 g/mol. The molecule has 6 heteroatoms. The molecule has 0 spiro atoms. The number of hydrogen-bond acceptors (Lipinski definition) is 3. The number of carbonyl (C=O) groups is 1. The van der Waals surface area contributed by atoms with Gasteiger partial charge in [-0.2, -0.15) is 5.10 Å². The van der Waals surface area contributed by atoms with Crippen LogP contribution in [0.15, 0.2) is 0 Å². The fourth-order valence-electron chi connectivity index (χ4n) is 1.31. The van der Waals surface area contributed by atoms with Gasteiger partial charge in [0.1, 0.15) is 12.2 Å². The predicted octanol–water partition coefficient (Wildman–Crippen LogP) is 0.903. The van der Waals surface area contributed by atoms with E-state index < -0.39 is 5.97 Å². The highest BCUT2D eigenvalue weighted by Crippen LogP contribution is 2.35. The van der Waals surface area contributed by atoms with Crippen molar-refractivity contribution in [1.82, 2.24) is 14.8 Å². The highest BCUT2D eigenvalue weighted by atomic mass is 32.1. The van der Waals surface area contributed by atoms with Gasteiger partial charge in [-0.25, -0.2) is 0 Å². The van der Waals surface area contributed by atoms with E-state index in [0.717, 1.165) is 12.8 Å². The maximum atomic E-state index is 10.5. The Labute approximate surface area is 79.4 Å². The number of nitrogens with one attached hydrogen (secondary N) is 1. The molecule has 1 aromatic heterocycles. The van der Waals surface area contributed by atoms with Crippen LogP contribution < -0.4 is 0 Å². The second-order valence-electron chi connectivity index (χ2n) is 3.12. The third kappa shape index (κ3) is 1.62. The summed E-state index contributed by atoms with van der Waals surface area (Å²) in [6.45, 7) is 0. The van der Waals surface area contributed by atoms with Crippen molar-refractivity contribution in [3.63, 3.8) is 0 Å². The number of aromatic amines is 1. The lowest BCUT2D eigenvalue weighted by molar-refractivity contribution is -0.136. The summed E-state index contributed by atoms with van der Waals surface area (Å²) in [6.07, 6.45) is 2.07. The smallest absolute Gasteiger partial charge is 0.311 e. The minimum atomic E-state index is -0.879. The van der Waals surface area contributed by atoms with Crippen LogP contribution in [0.2, 0.25) is 0 Å². The number of carboxylic acids is 1. The molecule has 1 aliphatic carbocycles. The normalized spacial score (nSPS) is 16.0. The standard InChI is InChI=1S/C7H9N3O2S/c11-6(12)3-5-8-9-7(13)10(5)4-1-2-4/h4H,1-3H2,(H,9,13)(H,11,12). The van der Waals surface area contributed by atoms with Gasteiger partial charge in [0.25, 0.3) is 0 Å². The molecule has 2 rings (SSSR count). The van der Waals surface area contributed by atoms with Crippen molar-refractivity contribution in [2.24, 2.45) is 0 Å². The summed E-state index contributed by atoms with van der Waals surface area (Å²) in [7, 11) is 0. The number of hydrogen-bond donors (Lipinski definition) is 2. The van der Waals surface area contributed by atoms with Crippen molar-refractivity contribution in [2.75, 3.05) is 0 Å². The highest BCUT2D eigenvalue weighted by Gasteiger charge is 2.27. The van der Waals surface area contributed by atoms with E-state index in [0.29, 0.717) is 16.6 Å². The molecule has 0 unspecified atom stereocenters. The van der Waals surface area contributed by atoms with E-state index in [1.807, 2.05) is 4.57 Å². The first-order valence-electron chi connectivity index (χ1n) is 4.06. The Morgan fingerprint density at radius 2 is 2.46 bits per heavy atom. The first kappa shape index (κ1) is 8.43. The number of aromatic nitrogens is 3. The van der Waals surface area contributed by atoms with E-state index >= 15 is 0 Å². The van der Waals surface area contributed by atoms with Gasteiger partial charge in [0.05, 0.1) is 0 Å². The fourth-order valence-corrected chi connectivity index (χ4v) is 1.61. The number of H-pyrrole nitrogens is 1. The van der Waals surface area contributed by atoms with Crippen LogP contribution in [0.5, 0.6) is 0 Å². The van der Waals surface area contributed by atoms with Crippen LogP contribution in [0, 0.1) is 4.77 Å². The van der Waals surface area contributed by atoms with Crippen LogP contribution in [0.3, 0.4) is 0 Å². The van der Waals surface area contributed by atoms with Crippen LogP contribution in [0.25, 0.3) is 0 Å². The zero-order valence-electron chi connectivity index (χ0n) is 6.86. The molecule has 13 heavy (non-hydrogen) atoms. The van der Waals surface area contributed by atoms with Gasteiger partial charge in [-0.15, -0.1) is 0 Å². The van der Waals surface area contributed by atoms with Crippen molar-refractivity contribution in [3.8, 4) is 0 Å². The molecule has 0 atom stereocenters. The summed E-state index contributed by atoms with van der Waals surface area (Å²) in [5.74, 6) is -0.351. The van der Waals surface area contributed by atoms with Gasteiger partial charge in [0.2, 0.25) is 0 Å². The van der Waals surface area contributed by atoms with Gasteiger partial charge >= 0.3 is 5.97 Å². The van der Waals surface area contributed by atoms with Crippen molar-refractivity contribution < 1.29 is 9.90 Å². The molecule has 0 bridgehead atoms.